The summed E-state index contributed by atoms with van der Waals surface area (Å²) in [5.74, 6) is 2.66. The van der Waals surface area contributed by atoms with Gasteiger partial charge in [0.25, 0.3) is 0 Å². The Morgan fingerprint density at radius 1 is 1.00 bits per heavy atom. The second-order valence-electron chi connectivity index (χ2n) is 5.59. The van der Waals surface area contributed by atoms with Gasteiger partial charge in [0.1, 0.15) is 17.5 Å². The molecule has 0 fully saturated rings. The lowest BCUT2D eigenvalue weighted by Crippen LogP contribution is -2.26. The first-order chi connectivity index (χ1) is 10.6. The van der Waals surface area contributed by atoms with Gasteiger partial charge in [0.05, 0.1) is 0 Å². The van der Waals surface area contributed by atoms with Crippen LogP contribution in [0.1, 0.15) is 38.1 Å². The quantitative estimate of drug-likeness (QED) is 0.819. The lowest BCUT2D eigenvalue weighted by molar-refractivity contribution is 0.730. The molecule has 0 bridgehead atoms. The average Bonchev–Trinajstić information content (AvgIpc) is 2.49. The highest BCUT2D eigenvalue weighted by Gasteiger charge is 2.10. The van der Waals surface area contributed by atoms with Crippen LogP contribution in [0.15, 0.2) is 30.3 Å². The topological polar surface area (TPSA) is 41.0 Å². The molecule has 118 valence electrons. The van der Waals surface area contributed by atoms with Gasteiger partial charge in [-0.2, -0.15) is 0 Å². The second-order valence-corrected chi connectivity index (χ2v) is 5.59. The molecule has 2 aromatic rings. The predicted octanol–water partition coefficient (Wildman–Crippen LogP) is 4.46. The minimum absolute atomic E-state index is 0.797. The molecule has 1 N–H and O–H groups in total. The maximum atomic E-state index is 4.61. The molecule has 1 aromatic carbocycles. The molecule has 1 heterocycles. The highest BCUT2D eigenvalue weighted by atomic mass is 15.2. The van der Waals surface area contributed by atoms with E-state index in [0.29, 0.717) is 0 Å². The van der Waals surface area contributed by atoms with E-state index in [9.17, 15) is 0 Å². The fourth-order valence-corrected chi connectivity index (χ4v) is 2.51. The van der Waals surface area contributed by atoms with Crippen molar-refractivity contribution in [2.45, 2.75) is 40.5 Å². The van der Waals surface area contributed by atoms with E-state index in [1.54, 1.807) is 0 Å². The smallest absolute Gasteiger partial charge is 0.136 e. The highest BCUT2D eigenvalue weighted by molar-refractivity contribution is 5.62. The zero-order valence-corrected chi connectivity index (χ0v) is 14.1. The molecular weight excluding hydrogens is 272 g/mol. The number of aryl methyl sites for hydroxylation is 2. The Balaban J connectivity index is 2.27. The van der Waals surface area contributed by atoms with Crippen LogP contribution in [0, 0.1) is 13.8 Å². The highest BCUT2D eigenvalue weighted by Crippen LogP contribution is 2.22. The summed E-state index contributed by atoms with van der Waals surface area (Å²) in [5, 5.41) is 3.41. The molecule has 0 aliphatic carbocycles. The third-order valence-electron chi connectivity index (χ3n) is 3.54. The Morgan fingerprint density at radius 2 is 1.68 bits per heavy atom. The molecule has 0 aliphatic heterocycles. The van der Waals surface area contributed by atoms with E-state index in [2.05, 4.69) is 53.1 Å². The van der Waals surface area contributed by atoms with Gasteiger partial charge in [0.2, 0.25) is 0 Å². The maximum absolute atomic E-state index is 4.61. The largest absolute Gasteiger partial charge is 0.356 e. The number of anilines is 3. The Labute approximate surface area is 133 Å². The fraction of sp³-hybridized carbons (Fsp3) is 0.444. The third-order valence-corrected chi connectivity index (χ3v) is 3.54. The van der Waals surface area contributed by atoms with E-state index in [4.69, 9.17) is 0 Å². The van der Waals surface area contributed by atoms with Gasteiger partial charge < -0.3 is 10.2 Å². The molecule has 0 atom stereocenters. The van der Waals surface area contributed by atoms with Crippen molar-refractivity contribution < 1.29 is 0 Å². The van der Waals surface area contributed by atoms with E-state index in [1.807, 2.05) is 25.1 Å². The summed E-state index contributed by atoms with van der Waals surface area (Å²) in [7, 11) is 0. The first-order valence-electron chi connectivity index (χ1n) is 8.07. The predicted molar refractivity (Wildman–Crippen MR) is 94.0 cm³/mol. The van der Waals surface area contributed by atoms with Crippen molar-refractivity contribution in [1.29, 1.82) is 0 Å². The van der Waals surface area contributed by atoms with Gasteiger partial charge in [-0.3, -0.25) is 0 Å². The standard InChI is InChI=1S/C18H26N4/c1-5-11-22(12-6-2)18-13-17(19-15(4)20-18)21-16-10-8-7-9-14(16)3/h7-10,13H,5-6,11-12H2,1-4H3,(H,19,20,21). The van der Waals surface area contributed by atoms with E-state index < -0.39 is 0 Å². The monoisotopic (exact) mass is 298 g/mol. The van der Waals surface area contributed by atoms with Gasteiger partial charge in [-0.25, -0.2) is 9.97 Å². The molecule has 0 spiro atoms. The van der Waals surface area contributed by atoms with Crippen molar-refractivity contribution in [2.75, 3.05) is 23.3 Å². The van der Waals surface area contributed by atoms with Crippen LogP contribution in [0.2, 0.25) is 0 Å². The molecule has 0 saturated heterocycles. The zero-order chi connectivity index (χ0) is 15.9. The van der Waals surface area contributed by atoms with Crippen LogP contribution >= 0.6 is 0 Å². The summed E-state index contributed by atoms with van der Waals surface area (Å²) in [6.45, 7) is 10.5. The number of para-hydroxylation sites is 1. The number of nitrogens with one attached hydrogen (secondary N) is 1. The summed E-state index contributed by atoms with van der Waals surface area (Å²) in [6, 6.07) is 10.3. The van der Waals surface area contributed by atoms with Crippen LogP contribution in [0.3, 0.4) is 0 Å². The normalized spacial score (nSPS) is 10.5. The lowest BCUT2D eigenvalue weighted by atomic mass is 10.2. The summed E-state index contributed by atoms with van der Waals surface area (Å²) in [5.41, 5.74) is 2.29. The van der Waals surface area contributed by atoms with Crippen LogP contribution in [0.25, 0.3) is 0 Å². The van der Waals surface area contributed by atoms with Crippen molar-refractivity contribution in [1.82, 2.24) is 9.97 Å². The van der Waals surface area contributed by atoms with Crippen molar-refractivity contribution in [2.24, 2.45) is 0 Å². The number of hydrogen-bond donors (Lipinski definition) is 1. The molecule has 0 saturated carbocycles. The summed E-state index contributed by atoms with van der Waals surface area (Å²) < 4.78 is 0. The Hall–Kier alpha value is -2.10. The molecular formula is C18H26N4. The van der Waals surface area contributed by atoms with Crippen LogP contribution in [-0.2, 0) is 0 Å². The molecule has 0 unspecified atom stereocenters. The SMILES string of the molecule is CCCN(CCC)c1cc(Nc2ccccc2C)nc(C)n1. The van der Waals surface area contributed by atoms with Crippen molar-refractivity contribution in [3.05, 3.63) is 41.7 Å². The van der Waals surface area contributed by atoms with Gasteiger partial charge in [-0.1, -0.05) is 32.0 Å². The minimum atomic E-state index is 0.797. The van der Waals surface area contributed by atoms with Crippen molar-refractivity contribution >= 4 is 17.3 Å². The van der Waals surface area contributed by atoms with Crippen LogP contribution in [0.4, 0.5) is 17.3 Å². The van der Waals surface area contributed by atoms with Crippen LogP contribution in [-0.4, -0.2) is 23.1 Å². The van der Waals surface area contributed by atoms with Crippen LogP contribution < -0.4 is 10.2 Å². The van der Waals surface area contributed by atoms with Crippen LogP contribution in [0.5, 0.6) is 0 Å². The number of rotatable bonds is 7. The molecule has 4 heteroatoms. The minimum Gasteiger partial charge on any atom is -0.356 e. The first kappa shape index (κ1) is 16.3. The van der Waals surface area contributed by atoms with Gasteiger partial charge in [-0.05, 0) is 38.3 Å². The molecule has 0 amide bonds. The zero-order valence-electron chi connectivity index (χ0n) is 14.1. The van der Waals surface area contributed by atoms with E-state index >= 15 is 0 Å². The lowest BCUT2D eigenvalue weighted by Gasteiger charge is -2.23. The molecule has 4 nitrogen and oxygen atoms in total. The summed E-state index contributed by atoms with van der Waals surface area (Å²) in [4.78, 5) is 11.5. The number of aromatic nitrogens is 2. The van der Waals surface area contributed by atoms with Gasteiger partial charge in [-0.15, -0.1) is 0 Å². The summed E-state index contributed by atoms with van der Waals surface area (Å²) >= 11 is 0. The average molecular weight is 298 g/mol. The first-order valence-corrected chi connectivity index (χ1v) is 8.07. The van der Waals surface area contributed by atoms with Crippen molar-refractivity contribution in [3.8, 4) is 0 Å². The fourth-order valence-electron chi connectivity index (χ4n) is 2.51. The van der Waals surface area contributed by atoms with Gasteiger partial charge >= 0.3 is 0 Å². The second kappa shape index (κ2) is 7.78. The Morgan fingerprint density at radius 3 is 2.32 bits per heavy atom. The van der Waals surface area contributed by atoms with Gasteiger partial charge in [0, 0.05) is 24.8 Å². The maximum Gasteiger partial charge on any atom is 0.136 e. The van der Waals surface area contributed by atoms with E-state index in [1.165, 1.54) is 5.56 Å². The number of nitrogens with zero attached hydrogens (tertiary/aromatic N) is 3. The van der Waals surface area contributed by atoms with Crippen molar-refractivity contribution in [3.63, 3.8) is 0 Å². The molecule has 22 heavy (non-hydrogen) atoms. The summed E-state index contributed by atoms with van der Waals surface area (Å²) in [6.07, 6.45) is 2.23. The third kappa shape index (κ3) is 4.20. The van der Waals surface area contributed by atoms with E-state index in [-0.39, 0.29) is 0 Å². The molecule has 1 aromatic heterocycles. The number of hydrogen-bond acceptors (Lipinski definition) is 4. The van der Waals surface area contributed by atoms with Gasteiger partial charge in [0.15, 0.2) is 0 Å². The number of benzene rings is 1. The molecule has 2 rings (SSSR count). The Bertz CT molecular complexity index is 604. The Kier molecular flexibility index (Phi) is 5.75. The van der Waals surface area contributed by atoms with E-state index in [0.717, 1.165) is 49.1 Å². The molecule has 0 aliphatic rings. The molecule has 0 radical (unpaired) electrons.